The molecule has 1 fully saturated rings. The summed E-state index contributed by atoms with van der Waals surface area (Å²) in [5, 5.41) is 4.97. The Labute approximate surface area is 125 Å². The third kappa shape index (κ3) is 6.92. The molecule has 1 saturated carbocycles. The van der Waals surface area contributed by atoms with E-state index in [0.717, 1.165) is 31.3 Å². The topological polar surface area (TPSA) is 84.5 Å². The highest BCUT2D eigenvalue weighted by molar-refractivity contribution is 5.97. The Bertz CT molecular complexity index is 421. The van der Waals surface area contributed by atoms with Crippen molar-refractivity contribution in [2.24, 2.45) is 0 Å². The third-order valence-corrected chi connectivity index (χ3v) is 3.25. The van der Waals surface area contributed by atoms with Crippen LogP contribution in [0.15, 0.2) is 11.6 Å². The van der Waals surface area contributed by atoms with Crippen LogP contribution in [0, 0.1) is 0 Å². The molecule has 0 bridgehead atoms. The van der Waals surface area contributed by atoms with E-state index in [1.165, 1.54) is 19.4 Å². The molecule has 1 aliphatic rings. The first-order valence-corrected chi connectivity index (χ1v) is 7.35. The second-order valence-electron chi connectivity index (χ2n) is 5.60. The number of carbonyl (C=O) groups is 3. The molecule has 1 aliphatic carbocycles. The highest BCUT2D eigenvalue weighted by atomic mass is 16.5. The Balaban J connectivity index is 2.35. The number of esters is 1. The smallest absolute Gasteiger partial charge is 0.331 e. The quantitative estimate of drug-likeness (QED) is 0.614. The van der Waals surface area contributed by atoms with Gasteiger partial charge in [0, 0.05) is 12.1 Å². The average molecular weight is 296 g/mol. The normalized spacial score (nSPS) is 16.5. The van der Waals surface area contributed by atoms with Crippen LogP contribution in [-0.2, 0) is 14.3 Å². The van der Waals surface area contributed by atoms with Crippen molar-refractivity contribution in [1.82, 2.24) is 10.6 Å². The molecule has 0 aromatic heterocycles. The molecule has 2 N–H and O–H groups in total. The van der Waals surface area contributed by atoms with E-state index in [1.807, 2.05) is 0 Å². The zero-order valence-corrected chi connectivity index (χ0v) is 12.9. The van der Waals surface area contributed by atoms with E-state index in [-0.39, 0.29) is 6.04 Å². The fraction of sp³-hybridized carbons (Fsp3) is 0.667. The van der Waals surface area contributed by atoms with Crippen LogP contribution >= 0.6 is 0 Å². The van der Waals surface area contributed by atoms with Gasteiger partial charge in [0.05, 0.1) is 0 Å². The van der Waals surface area contributed by atoms with Crippen molar-refractivity contribution in [3.63, 3.8) is 0 Å². The van der Waals surface area contributed by atoms with Crippen molar-refractivity contribution in [2.75, 3.05) is 0 Å². The predicted octanol–water partition coefficient (Wildman–Crippen LogP) is 2.04. The largest absolute Gasteiger partial charge is 0.449 e. The molecule has 0 saturated heterocycles. The number of hydrogen-bond donors (Lipinski definition) is 2. The van der Waals surface area contributed by atoms with Gasteiger partial charge in [-0.2, -0.15) is 0 Å². The van der Waals surface area contributed by atoms with E-state index in [0.29, 0.717) is 0 Å². The molecule has 6 heteroatoms. The highest BCUT2D eigenvalue weighted by Gasteiger charge is 2.21. The van der Waals surface area contributed by atoms with Gasteiger partial charge in [-0.1, -0.05) is 24.8 Å². The molecule has 0 aliphatic heterocycles. The van der Waals surface area contributed by atoms with Crippen LogP contribution in [0.3, 0.4) is 0 Å². The molecule has 1 unspecified atom stereocenters. The lowest BCUT2D eigenvalue weighted by Gasteiger charge is -2.23. The van der Waals surface area contributed by atoms with Gasteiger partial charge >= 0.3 is 12.0 Å². The number of imide groups is 1. The second-order valence-corrected chi connectivity index (χ2v) is 5.60. The molecule has 0 heterocycles. The van der Waals surface area contributed by atoms with Crippen LogP contribution in [0.4, 0.5) is 4.79 Å². The van der Waals surface area contributed by atoms with E-state index in [2.05, 4.69) is 10.6 Å². The minimum atomic E-state index is -1.01. The van der Waals surface area contributed by atoms with Gasteiger partial charge in [-0.25, -0.2) is 9.59 Å². The Morgan fingerprint density at radius 1 is 1.14 bits per heavy atom. The fourth-order valence-electron chi connectivity index (χ4n) is 2.18. The van der Waals surface area contributed by atoms with Crippen LogP contribution in [0.5, 0.6) is 0 Å². The lowest BCUT2D eigenvalue weighted by Crippen LogP contribution is -2.48. The van der Waals surface area contributed by atoms with Crippen molar-refractivity contribution < 1.29 is 19.1 Å². The summed E-state index contributed by atoms with van der Waals surface area (Å²) in [4.78, 5) is 34.8. The summed E-state index contributed by atoms with van der Waals surface area (Å²) in [5.74, 6) is -1.22. The number of carbonyl (C=O) groups excluding carboxylic acids is 3. The summed E-state index contributed by atoms with van der Waals surface area (Å²) in [7, 11) is 0. The lowest BCUT2D eigenvalue weighted by molar-refractivity contribution is -0.149. The van der Waals surface area contributed by atoms with Crippen LogP contribution < -0.4 is 10.6 Å². The van der Waals surface area contributed by atoms with Gasteiger partial charge in [0.15, 0.2) is 6.10 Å². The molecule has 118 valence electrons. The number of ether oxygens (including phenoxy) is 1. The Morgan fingerprint density at radius 2 is 1.76 bits per heavy atom. The molecule has 1 atom stereocenters. The summed E-state index contributed by atoms with van der Waals surface area (Å²) >= 11 is 0. The molecule has 6 nitrogen and oxygen atoms in total. The summed E-state index contributed by atoms with van der Waals surface area (Å²) in [6.45, 7) is 4.94. The third-order valence-electron chi connectivity index (χ3n) is 3.25. The van der Waals surface area contributed by atoms with Crippen molar-refractivity contribution in [1.29, 1.82) is 0 Å². The van der Waals surface area contributed by atoms with Crippen LogP contribution in [-0.4, -0.2) is 30.1 Å². The Morgan fingerprint density at radius 3 is 2.33 bits per heavy atom. The van der Waals surface area contributed by atoms with Crippen LogP contribution in [0.1, 0.15) is 52.9 Å². The van der Waals surface area contributed by atoms with E-state index >= 15 is 0 Å². The maximum Gasteiger partial charge on any atom is 0.331 e. The lowest BCUT2D eigenvalue weighted by atomic mass is 9.96. The van der Waals surface area contributed by atoms with E-state index in [9.17, 15) is 14.4 Å². The van der Waals surface area contributed by atoms with Crippen LogP contribution in [0.25, 0.3) is 0 Å². The number of hydrogen-bond acceptors (Lipinski definition) is 4. The Kier molecular flexibility index (Phi) is 6.91. The first kappa shape index (κ1) is 17.2. The maximum absolute atomic E-state index is 11.7. The number of amides is 3. The SMILES string of the molecule is CC(C)=CC(=O)OC(C)C(=O)NC(=O)NC1CCCCC1. The molecular formula is C15H24N2O4. The van der Waals surface area contributed by atoms with Crippen molar-refractivity contribution >= 4 is 17.9 Å². The first-order chi connectivity index (χ1) is 9.88. The minimum absolute atomic E-state index is 0.120. The Hall–Kier alpha value is -1.85. The molecule has 0 radical (unpaired) electrons. The van der Waals surface area contributed by atoms with Crippen molar-refractivity contribution in [3.8, 4) is 0 Å². The average Bonchev–Trinajstić information content (AvgIpc) is 2.38. The van der Waals surface area contributed by atoms with Crippen LogP contribution in [0.2, 0.25) is 0 Å². The molecule has 0 aromatic rings. The maximum atomic E-state index is 11.7. The first-order valence-electron chi connectivity index (χ1n) is 7.35. The molecule has 21 heavy (non-hydrogen) atoms. The van der Waals surface area contributed by atoms with Crippen molar-refractivity contribution in [2.45, 2.75) is 65.0 Å². The molecule has 1 rings (SSSR count). The van der Waals surface area contributed by atoms with Gasteiger partial charge in [-0.05, 0) is 33.6 Å². The second kappa shape index (κ2) is 8.44. The minimum Gasteiger partial charge on any atom is -0.449 e. The summed E-state index contributed by atoms with van der Waals surface area (Å²) in [6, 6.07) is -0.410. The highest BCUT2D eigenvalue weighted by Crippen LogP contribution is 2.17. The number of rotatable bonds is 4. The molecule has 3 amide bonds. The van der Waals surface area contributed by atoms with Gasteiger partial charge in [0.2, 0.25) is 0 Å². The number of allylic oxidation sites excluding steroid dienone is 1. The monoisotopic (exact) mass is 296 g/mol. The molecular weight excluding hydrogens is 272 g/mol. The van der Waals surface area contributed by atoms with Gasteiger partial charge < -0.3 is 10.1 Å². The molecule has 0 aromatic carbocycles. The zero-order valence-electron chi connectivity index (χ0n) is 12.9. The van der Waals surface area contributed by atoms with E-state index in [1.54, 1.807) is 13.8 Å². The van der Waals surface area contributed by atoms with E-state index in [4.69, 9.17) is 4.74 Å². The zero-order chi connectivity index (χ0) is 15.8. The van der Waals surface area contributed by atoms with Gasteiger partial charge in [-0.3, -0.25) is 10.1 Å². The number of urea groups is 1. The summed E-state index contributed by atoms with van der Waals surface area (Å²) < 4.78 is 4.91. The number of nitrogens with one attached hydrogen (secondary N) is 2. The van der Waals surface area contributed by atoms with Gasteiger partial charge in [0.1, 0.15) is 0 Å². The summed E-state index contributed by atoms with van der Waals surface area (Å²) in [6.07, 6.45) is 5.54. The van der Waals surface area contributed by atoms with Crippen molar-refractivity contribution in [3.05, 3.63) is 11.6 Å². The van der Waals surface area contributed by atoms with Gasteiger partial charge in [-0.15, -0.1) is 0 Å². The molecule has 0 spiro atoms. The van der Waals surface area contributed by atoms with Gasteiger partial charge in [0.25, 0.3) is 5.91 Å². The van der Waals surface area contributed by atoms with E-state index < -0.39 is 24.0 Å². The summed E-state index contributed by atoms with van der Waals surface area (Å²) in [5.41, 5.74) is 0.780. The predicted molar refractivity (Wildman–Crippen MR) is 78.5 cm³/mol. The fourth-order valence-corrected chi connectivity index (χ4v) is 2.18. The standard InChI is InChI=1S/C15H24N2O4/c1-10(2)9-13(18)21-11(3)14(19)17-15(20)16-12-7-5-4-6-8-12/h9,11-12H,4-8H2,1-3H3,(H2,16,17,19,20).